The molecule has 0 amide bonds. The van der Waals surface area contributed by atoms with Crippen LogP contribution >= 0.6 is 22.6 Å². The van der Waals surface area contributed by atoms with E-state index in [4.69, 9.17) is 0 Å². The Balaban J connectivity index is 1.72. The number of benzene rings is 1. The summed E-state index contributed by atoms with van der Waals surface area (Å²) in [5, 5.41) is 3.84. The second kappa shape index (κ2) is 5.93. The molecule has 0 aromatic heterocycles. The van der Waals surface area contributed by atoms with E-state index >= 15 is 0 Å². The zero-order chi connectivity index (χ0) is 14.2. The third kappa shape index (κ3) is 3.20. The first kappa shape index (κ1) is 14.8. The molecule has 110 valence electrons. The van der Waals surface area contributed by atoms with E-state index in [9.17, 15) is 0 Å². The van der Waals surface area contributed by atoms with E-state index in [1.165, 1.54) is 34.9 Å². The number of halogens is 1. The third-order valence-corrected chi connectivity index (χ3v) is 5.76. The lowest BCUT2D eigenvalue weighted by atomic mass is 9.90. The Morgan fingerprint density at radius 2 is 2.00 bits per heavy atom. The van der Waals surface area contributed by atoms with Crippen molar-refractivity contribution < 1.29 is 0 Å². The van der Waals surface area contributed by atoms with E-state index in [0.29, 0.717) is 11.6 Å². The van der Waals surface area contributed by atoms with Crippen LogP contribution in [0.5, 0.6) is 0 Å². The minimum absolute atomic E-state index is 0.342. The highest BCUT2D eigenvalue weighted by atomic mass is 127. The Kier molecular flexibility index (Phi) is 4.39. The second-order valence-corrected chi connectivity index (χ2v) is 7.91. The molecule has 1 aromatic rings. The largest absolute Gasteiger partial charge is 0.308 e. The molecule has 3 rings (SSSR count). The molecular weight excluding hydrogens is 359 g/mol. The number of piperazine rings is 1. The first-order valence-corrected chi connectivity index (χ1v) is 8.92. The summed E-state index contributed by atoms with van der Waals surface area (Å²) >= 11 is 2.38. The van der Waals surface area contributed by atoms with Crippen LogP contribution in [0.15, 0.2) is 24.3 Å². The molecule has 2 unspecified atom stereocenters. The predicted molar refractivity (Wildman–Crippen MR) is 92.8 cm³/mol. The van der Waals surface area contributed by atoms with Gasteiger partial charge in [-0.15, -0.1) is 0 Å². The van der Waals surface area contributed by atoms with E-state index in [0.717, 1.165) is 19.0 Å². The molecular formula is C17H25IN2. The predicted octanol–water partition coefficient (Wildman–Crippen LogP) is 3.64. The number of hydrogen-bond donors (Lipinski definition) is 1. The van der Waals surface area contributed by atoms with Gasteiger partial charge >= 0.3 is 0 Å². The summed E-state index contributed by atoms with van der Waals surface area (Å²) in [5.74, 6) is 0.902. The van der Waals surface area contributed by atoms with Crippen LogP contribution in [0.4, 0.5) is 0 Å². The van der Waals surface area contributed by atoms with Crippen molar-refractivity contribution in [3.05, 3.63) is 33.4 Å². The molecule has 1 aliphatic carbocycles. The van der Waals surface area contributed by atoms with E-state index in [2.05, 4.69) is 70.9 Å². The Hall–Kier alpha value is -0.130. The molecule has 20 heavy (non-hydrogen) atoms. The van der Waals surface area contributed by atoms with Gasteiger partial charge in [-0.05, 0) is 72.4 Å². The summed E-state index contributed by atoms with van der Waals surface area (Å²) in [4.78, 5) is 2.71. The fraction of sp³-hybridized carbons (Fsp3) is 0.647. The van der Waals surface area contributed by atoms with Crippen molar-refractivity contribution >= 4 is 22.6 Å². The summed E-state index contributed by atoms with van der Waals surface area (Å²) in [6.45, 7) is 8.18. The third-order valence-electron chi connectivity index (χ3n) is 5.04. The van der Waals surface area contributed by atoms with Crippen molar-refractivity contribution in [1.29, 1.82) is 0 Å². The van der Waals surface area contributed by atoms with Crippen molar-refractivity contribution in [2.45, 2.75) is 51.2 Å². The number of hydrogen-bond acceptors (Lipinski definition) is 2. The SMILES string of the molecule is CCC1CNC(C)(C2CC2)CN1Cc1ccc(I)cc1. The molecule has 1 saturated carbocycles. The Morgan fingerprint density at radius 3 is 2.60 bits per heavy atom. The molecule has 2 aliphatic rings. The Labute approximate surface area is 136 Å². The zero-order valence-electron chi connectivity index (χ0n) is 12.5. The number of nitrogens with zero attached hydrogens (tertiary/aromatic N) is 1. The van der Waals surface area contributed by atoms with Gasteiger partial charge in [0.15, 0.2) is 0 Å². The lowest BCUT2D eigenvalue weighted by molar-refractivity contribution is 0.0666. The molecule has 0 radical (unpaired) electrons. The highest BCUT2D eigenvalue weighted by molar-refractivity contribution is 14.1. The molecule has 2 atom stereocenters. The first-order valence-electron chi connectivity index (χ1n) is 7.84. The molecule has 1 saturated heterocycles. The lowest BCUT2D eigenvalue weighted by Crippen LogP contribution is -2.63. The van der Waals surface area contributed by atoms with Gasteiger partial charge in [-0.25, -0.2) is 0 Å². The van der Waals surface area contributed by atoms with E-state index in [1.54, 1.807) is 0 Å². The van der Waals surface area contributed by atoms with Crippen LogP contribution in [-0.4, -0.2) is 29.6 Å². The standard InChI is InChI=1S/C17H25IN2/c1-3-16-10-19-17(2,14-6-7-14)12-20(16)11-13-4-8-15(18)9-5-13/h4-5,8-9,14,16,19H,3,6-7,10-12H2,1-2H3. The Bertz CT molecular complexity index is 455. The molecule has 1 N–H and O–H groups in total. The summed E-state index contributed by atoms with van der Waals surface area (Å²) in [5.41, 5.74) is 1.79. The van der Waals surface area contributed by atoms with Crippen molar-refractivity contribution in [2.75, 3.05) is 13.1 Å². The van der Waals surface area contributed by atoms with Gasteiger partial charge < -0.3 is 5.32 Å². The van der Waals surface area contributed by atoms with Gasteiger partial charge in [0.2, 0.25) is 0 Å². The van der Waals surface area contributed by atoms with E-state index in [1.807, 2.05) is 0 Å². The maximum absolute atomic E-state index is 3.84. The van der Waals surface area contributed by atoms with Crippen LogP contribution in [-0.2, 0) is 6.54 Å². The summed E-state index contributed by atoms with van der Waals surface area (Å²) < 4.78 is 1.32. The Morgan fingerprint density at radius 1 is 1.30 bits per heavy atom. The lowest BCUT2D eigenvalue weighted by Gasteiger charge is -2.46. The van der Waals surface area contributed by atoms with Gasteiger partial charge in [0, 0.05) is 34.8 Å². The normalized spacial score (nSPS) is 31.4. The monoisotopic (exact) mass is 384 g/mol. The number of nitrogens with one attached hydrogen (secondary N) is 1. The van der Waals surface area contributed by atoms with Crippen LogP contribution in [0.2, 0.25) is 0 Å². The summed E-state index contributed by atoms with van der Waals surface area (Å²) in [7, 11) is 0. The van der Waals surface area contributed by atoms with Crippen molar-refractivity contribution in [1.82, 2.24) is 10.2 Å². The van der Waals surface area contributed by atoms with Gasteiger partial charge in [0.25, 0.3) is 0 Å². The molecule has 0 bridgehead atoms. The fourth-order valence-electron chi connectivity index (χ4n) is 3.49. The molecule has 1 heterocycles. The zero-order valence-corrected chi connectivity index (χ0v) is 14.7. The maximum Gasteiger partial charge on any atom is 0.0309 e. The van der Waals surface area contributed by atoms with Crippen LogP contribution < -0.4 is 5.32 Å². The minimum Gasteiger partial charge on any atom is -0.308 e. The van der Waals surface area contributed by atoms with Gasteiger partial charge in [-0.2, -0.15) is 0 Å². The van der Waals surface area contributed by atoms with Gasteiger partial charge in [0.1, 0.15) is 0 Å². The summed E-state index contributed by atoms with van der Waals surface area (Å²) in [6.07, 6.45) is 4.06. The van der Waals surface area contributed by atoms with E-state index < -0.39 is 0 Å². The average Bonchev–Trinajstić information content (AvgIpc) is 3.27. The highest BCUT2D eigenvalue weighted by Gasteiger charge is 2.45. The van der Waals surface area contributed by atoms with Crippen LogP contribution in [0, 0.1) is 9.49 Å². The molecule has 3 heteroatoms. The average molecular weight is 384 g/mol. The van der Waals surface area contributed by atoms with Crippen LogP contribution in [0.3, 0.4) is 0 Å². The first-order chi connectivity index (χ1) is 9.60. The second-order valence-electron chi connectivity index (χ2n) is 6.67. The van der Waals surface area contributed by atoms with Gasteiger partial charge in [-0.3, -0.25) is 4.90 Å². The van der Waals surface area contributed by atoms with Crippen molar-refractivity contribution in [2.24, 2.45) is 5.92 Å². The quantitative estimate of drug-likeness (QED) is 0.798. The molecule has 2 fully saturated rings. The molecule has 1 aromatic carbocycles. The summed E-state index contributed by atoms with van der Waals surface area (Å²) in [6, 6.07) is 9.69. The van der Waals surface area contributed by atoms with E-state index in [-0.39, 0.29) is 0 Å². The van der Waals surface area contributed by atoms with Crippen molar-refractivity contribution in [3.63, 3.8) is 0 Å². The minimum atomic E-state index is 0.342. The van der Waals surface area contributed by atoms with Gasteiger partial charge in [-0.1, -0.05) is 19.1 Å². The molecule has 1 aliphatic heterocycles. The highest BCUT2D eigenvalue weighted by Crippen LogP contribution is 2.41. The fourth-order valence-corrected chi connectivity index (χ4v) is 3.85. The maximum atomic E-state index is 3.84. The number of rotatable bonds is 4. The smallest absolute Gasteiger partial charge is 0.0309 e. The molecule has 2 nitrogen and oxygen atoms in total. The topological polar surface area (TPSA) is 15.3 Å². The van der Waals surface area contributed by atoms with Gasteiger partial charge in [0.05, 0.1) is 0 Å². The van der Waals surface area contributed by atoms with Crippen LogP contribution in [0.25, 0.3) is 0 Å². The molecule has 0 spiro atoms. The van der Waals surface area contributed by atoms with Crippen LogP contribution in [0.1, 0.15) is 38.7 Å². The van der Waals surface area contributed by atoms with Crippen molar-refractivity contribution in [3.8, 4) is 0 Å².